The highest BCUT2D eigenvalue weighted by atomic mass is 35.5. The molecule has 0 spiro atoms. The number of benzene rings is 2. The van der Waals surface area contributed by atoms with Crippen molar-refractivity contribution >= 4 is 40.3 Å². The van der Waals surface area contributed by atoms with Crippen LogP contribution in [0.2, 0.25) is 10.0 Å². The van der Waals surface area contributed by atoms with Crippen LogP contribution in [0.15, 0.2) is 30.3 Å². The molecule has 100 valence electrons. The molecule has 0 aromatic heterocycles. The molecule has 0 amide bonds. The largest absolute Gasteiger partial charge is 0.495 e. The average molecular weight is 301 g/mol. The van der Waals surface area contributed by atoms with E-state index in [0.29, 0.717) is 22.8 Å². The minimum atomic E-state index is -0.490. The van der Waals surface area contributed by atoms with Crippen molar-refractivity contribution in [3.8, 4) is 5.75 Å². The lowest BCUT2D eigenvalue weighted by molar-refractivity contribution is 0.417. The number of nitrogen functional groups attached to an aromatic ring is 1. The molecule has 0 aliphatic rings. The van der Waals surface area contributed by atoms with Gasteiger partial charge in [-0.05, 0) is 24.3 Å². The van der Waals surface area contributed by atoms with Crippen molar-refractivity contribution in [3.63, 3.8) is 0 Å². The van der Waals surface area contributed by atoms with Crippen LogP contribution in [-0.4, -0.2) is 7.11 Å². The molecular formula is C13H11Cl2FN2O. The first-order valence-electron chi connectivity index (χ1n) is 5.36. The Hall–Kier alpha value is -1.65. The third kappa shape index (κ3) is 3.03. The van der Waals surface area contributed by atoms with E-state index in [2.05, 4.69) is 5.32 Å². The lowest BCUT2D eigenvalue weighted by Crippen LogP contribution is -1.96. The Kier molecular flexibility index (Phi) is 4.02. The predicted octanol–water partition coefficient (Wildman–Crippen LogP) is 4.47. The first-order chi connectivity index (χ1) is 9.01. The molecule has 0 bridgehead atoms. The van der Waals surface area contributed by atoms with Gasteiger partial charge in [0.05, 0.1) is 28.5 Å². The van der Waals surface area contributed by atoms with Gasteiger partial charge in [0.2, 0.25) is 0 Å². The lowest BCUT2D eigenvalue weighted by Gasteiger charge is -2.12. The zero-order valence-corrected chi connectivity index (χ0v) is 11.5. The zero-order chi connectivity index (χ0) is 14.0. The Morgan fingerprint density at radius 1 is 1.16 bits per heavy atom. The molecule has 2 aromatic carbocycles. The van der Waals surface area contributed by atoms with Crippen LogP contribution in [0.3, 0.4) is 0 Å². The first kappa shape index (κ1) is 13.8. The van der Waals surface area contributed by atoms with E-state index in [1.54, 1.807) is 18.2 Å². The third-order valence-corrected chi connectivity index (χ3v) is 3.11. The molecular weight excluding hydrogens is 290 g/mol. The highest BCUT2D eigenvalue weighted by Gasteiger charge is 2.09. The minimum absolute atomic E-state index is 0.195. The molecule has 0 fully saturated rings. The highest BCUT2D eigenvalue weighted by molar-refractivity contribution is 6.39. The summed E-state index contributed by atoms with van der Waals surface area (Å²) < 4.78 is 18.2. The topological polar surface area (TPSA) is 47.3 Å². The summed E-state index contributed by atoms with van der Waals surface area (Å²) in [5, 5.41) is 3.39. The Labute approximate surface area is 120 Å². The monoisotopic (exact) mass is 300 g/mol. The number of halogens is 3. The summed E-state index contributed by atoms with van der Waals surface area (Å²) in [4.78, 5) is 0. The standard InChI is InChI=1S/C13H11Cl2FN2O/c1-19-12-6-8(2-3-11(12)17)18-13-9(14)4-7(16)5-10(13)15/h2-6,18H,17H2,1H3. The van der Waals surface area contributed by atoms with E-state index >= 15 is 0 Å². The van der Waals surface area contributed by atoms with Gasteiger partial charge in [-0.25, -0.2) is 4.39 Å². The van der Waals surface area contributed by atoms with Gasteiger partial charge in [-0.2, -0.15) is 0 Å². The summed E-state index contributed by atoms with van der Waals surface area (Å²) in [6, 6.07) is 7.50. The number of nitrogens with two attached hydrogens (primary N) is 1. The molecule has 0 saturated carbocycles. The van der Waals surface area contributed by atoms with Gasteiger partial charge in [-0.3, -0.25) is 0 Å². The Balaban J connectivity index is 2.36. The fourth-order valence-electron chi connectivity index (χ4n) is 1.59. The summed E-state index contributed by atoms with van der Waals surface area (Å²) in [7, 11) is 1.52. The molecule has 6 heteroatoms. The molecule has 2 rings (SSSR count). The van der Waals surface area contributed by atoms with Crippen molar-refractivity contribution in [2.24, 2.45) is 0 Å². The highest BCUT2D eigenvalue weighted by Crippen LogP contribution is 2.35. The predicted molar refractivity (Wildman–Crippen MR) is 77.1 cm³/mol. The Bertz CT molecular complexity index is 597. The summed E-state index contributed by atoms with van der Waals surface area (Å²) in [6.45, 7) is 0. The zero-order valence-electron chi connectivity index (χ0n) is 10.0. The quantitative estimate of drug-likeness (QED) is 0.822. The van der Waals surface area contributed by atoms with Crippen molar-refractivity contribution in [1.82, 2.24) is 0 Å². The molecule has 0 radical (unpaired) electrons. The van der Waals surface area contributed by atoms with E-state index < -0.39 is 5.82 Å². The summed E-state index contributed by atoms with van der Waals surface area (Å²) in [5.41, 5.74) is 7.35. The molecule has 0 atom stereocenters. The third-order valence-electron chi connectivity index (χ3n) is 2.51. The number of ether oxygens (including phenoxy) is 1. The van der Waals surface area contributed by atoms with Crippen LogP contribution >= 0.6 is 23.2 Å². The molecule has 2 aromatic rings. The number of hydrogen-bond acceptors (Lipinski definition) is 3. The van der Waals surface area contributed by atoms with Gasteiger partial charge in [0, 0.05) is 11.8 Å². The van der Waals surface area contributed by atoms with Gasteiger partial charge in [0.25, 0.3) is 0 Å². The van der Waals surface area contributed by atoms with Gasteiger partial charge in [-0.1, -0.05) is 23.2 Å². The molecule has 3 N–H and O–H groups in total. The van der Waals surface area contributed by atoms with E-state index in [4.69, 9.17) is 33.7 Å². The Morgan fingerprint density at radius 3 is 2.37 bits per heavy atom. The number of hydrogen-bond donors (Lipinski definition) is 2. The SMILES string of the molecule is COc1cc(Nc2c(Cl)cc(F)cc2Cl)ccc1N. The van der Waals surface area contributed by atoms with Crippen LogP contribution in [0.1, 0.15) is 0 Å². The number of nitrogens with one attached hydrogen (secondary N) is 1. The van der Waals surface area contributed by atoms with Crippen molar-refractivity contribution in [1.29, 1.82) is 0 Å². The average Bonchev–Trinajstić information content (AvgIpc) is 2.35. The summed E-state index contributed by atoms with van der Waals surface area (Å²) in [6.07, 6.45) is 0. The van der Waals surface area contributed by atoms with Crippen molar-refractivity contribution in [2.45, 2.75) is 0 Å². The van der Waals surface area contributed by atoms with E-state index in [-0.39, 0.29) is 10.0 Å². The van der Waals surface area contributed by atoms with Crippen LogP contribution in [-0.2, 0) is 0 Å². The molecule has 0 saturated heterocycles. The minimum Gasteiger partial charge on any atom is -0.495 e. The summed E-state index contributed by atoms with van der Waals surface area (Å²) >= 11 is 11.9. The molecule has 0 aliphatic carbocycles. The maximum absolute atomic E-state index is 13.1. The smallest absolute Gasteiger partial charge is 0.143 e. The fourth-order valence-corrected chi connectivity index (χ4v) is 2.15. The fraction of sp³-hybridized carbons (Fsp3) is 0.0769. The maximum atomic E-state index is 13.1. The number of methoxy groups -OCH3 is 1. The van der Waals surface area contributed by atoms with Gasteiger partial charge in [0.15, 0.2) is 0 Å². The second-order valence-electron chi connectivity index (χ2n) is 3.83. The molecule has 0 heterocycles. The number of rotatable bonds is 3. The number of anilines is 3. The molecule has 3 nitrogen and oxygen atoms in total. The first-order valence-corrected chi connectivity index (χ1v) is 6.12. The molecule has 0 unspecified atom stereocenters. The second kappa shape index (κ2) is 5.55. The van der Waals surface area contributed by atoms with Crippen molar-refractivity contribution in [2.75, 3.05) is 18.2 Å². The molecule has 19 heavy (non-hydrogen) atoms. The lowest BCUT2D eigenvalue weighted by atomic mass is 10.2. The van der Waals surface area contributed by atoms with Gasteiger partial charge in [0.1, 0.15) is 11.6 Å². The van der Waals surface area contributed by atoms with E-state index in [1.165, 1.54) is 19.2 Å². The van der Waals surface area contributed by atoms with Crippen LogP contribution in [0, 0.1) is 5.82 Å². The normalized spacial score (nSPS) is 10.3. The van der Waals surface area contributed by atoms with E-state index in [0.717, 1.165) is 0 Å². The van der Waals surface area contributed by atoms with Crippen LogP contribution in [0.5, 0.6) is 5.75 Å². The molecule has 0 aliphatic heterocycles. The van der Waals surface area contributed by atoms with Gasteiger partial charge < -0.3 is 15.8 Å². The van der Waals surface area contributed by atoms with Crippen LogP contribution in [0.4, 0.5) is 21.5 Å². The maximum Gasteiger partial charge on any atom is 0.143 e. The summed E-state index contributed by atoms with van der Waals surface area (Å²) in [5.74, 6) is 0.0368. The van der Waals surface area contributed by atoms with E-state index in [9.17, 15) is 4.39 Å². The second-order valence-corrected chi connectivity index (χ2v) is 4.64. The van der Waals surface area contributed by atoms with E-state index in [1.807, 2.05) is 0 Å². The van der Waals surface area contributed by atoms with Gasteiger partial charge >= 0.3 is 0 Å². The van der Waals surface area contributed by atoms with Crippen LogP contribution in [0.25, 0.3) is 0 Å². The van der Waals surface area contributed by atoms with Crippen LogP contribution < -0.4 is 15.8 Å². The van der Waals surface area contributed by atoms with Crippen molar-refractivity contribution in [3.05, 3.63) is 46.2 Å². The van der Waals surface area contributed by atoms with Gasteiger partial charge in [-0.15, -0.1) is 0 Å². The van der Waals surface area contributed by atoms with Crippen molar-refractivity contribution < 1.29 is 9.13 Å². The Morgan fingerprint density at radius 2 is 1.79 bits per heavy atom.